The van der Waals surface area contributed by atoms with Crippen LogP contribution < -0.4 is 38.8 Å². The van der Waals surface area contributed by atoms with Crippen LogP contribution in [0.5, 0.6) is 0 Å². The molecule has 0 aliphatic carbocycles. The second-order valence-electron chi connectivity index (χ2n) is 8.66. The number of anilines is 1. The van der Waals surface area contributed by atoms with Crippen LogP contribution in [0, 0.1) is 12.7 Å². The molecule has 10 heteroatoms. The molecule has 0 bridgehead atoms. The predicted molar refractivity (Wildman–Crippen MR) is 135 cm³/mol. The van der Waals surface area contributed by atoms with Gasteiger partial charge in [-0.05, 0) is 61.4 Å². The van der Waals surface area contributed by atoms with Crippen LogP contribution >= 0.6 is 11.8 Å². The second-order valence-corrected chi connectivity index (χ2v) is 9.73. The first-order valence-corrected chi connectivity index (χ1v) is 12.5. The number of nitrogens with zero attached hydrogens (tertiary/aromatic N) is 2. The number of carbonyl (C=O) groups is 3. The normalized spacial score (nSPS) is 15.6. The summed E-state index contributed by atoms with van der Waals surface area (Å²) in [4.78, 5) is 39.4. The van der Waals surface area contributed by atoms with Gasteiger partial charge in [0.1, 0.15) is 29.9 Å². The molecule has 0 radical (unpaired) electrons. The van der Waals surface area contributed by atoms with E-state index in [9.17, 15) is 18.8 Å². The summed E-state index contributed by atoms with van der Waals surface area (Å²) in [6.07, 6.45) is 2.99. The summed E-state index contributed by atoms with van der Waals surface area (Å²) in [5.74, 6) is -0.839. The molecule has 194 valence electrons. The van der Waals surface area contributed by atoms with Gasteiger partial charge in [0.2, 0.25) is 5.91 Å². The molecule has 1 fully saturated rings. The van der Waals surface area contributed by atoms with Gasteiger partial charge in [-0.1, -0.05) is 12.1 Å². The molecule has 2 unspecified atom stereocenters. The molecule has 1 saturated heterocycles. The molecule has 2 atom stereocenters. The van der Waals surface area contributed by atoms with E-state index in [4.69, 9.17) is 4.74 Å². The Labute approximate surface area is 236 Å². The zero-order chi connectivity index (χ0) is 25.8. The van der Waals surface area contributed by atoms with Crippen molar-refractivity contribution in [2.75, 3.05) is 17.2 Å². The SMILES string of the molecule is Cc1cc(C(=O)OC(C)CNC(=O)c2ccc[n+](C)c2)ccc1N1C(=O)CSC1c1ccc(F)cc1.[I-]. The molecular weight excluding hydrogens is 608 g/mol. The maximum Gasteiger partial charge on any atom is 0.338 e. The van der Waals surface area contributed by atoms with E-state index in [-0.39, 0.29) is 53.5 Å². The fraction of sp³-hybridized carbons (Fsp3) is 0.259. The van der Waals surface area contributed by atoms with Crippen molar-refractivity contribution in [1.29, 1.82) is 0 Å². The maximum absolute atomic E-state index is 13.4. The number of aromatic nitrogens is 1. The highest BCUT2D eigenvalue weighted by Gasteiger charge is 2.35. The summed E-state index contributed by atoms with van der Waals surface area (Å²) in [5.41, 5.74) is 3.12. The Hall–Kier alpha value is -2.99. The summed E-state index contributed by atoms with van der Waals surface area (Å²) in [6.45, 7) is 3.70. The lowest BCUT2D eigenvalue weighted by Crippen LogP contribution is -3.00. The summed E-state index contributed by atoms with van der Waals surface area (Å²) in [6, 6.07) is 14.6. The summed E-state index contributed by atoms with van der Waals surface area (Å²) < 4.78 is 20.7. The van der Waals surface area contributed by atoms with Gasteiger partial charge in [-0.15, -0.1) is 11.8 Å². The van der Waals surface area contributed by atoms with Crippen molar-refractivity contribution in [2.45, 2.75) is 25.3 Å². The van der Waals surface area contributed by atoms with Crippen LogP contribution in [0.1, 0.15) is 44.1 Å². The molecule has 37 heavy (non-hydrogen) atoms. The number of nitrogens with one attached hydrogen (secondary N) is 1. The first-order valence-electron chi connectivity index (χ1n) is 11.5. The smallest absolute Gasteiger partial charge is 0.338 e. The van der Waals surface area contributed by atoms with Gasteiger partial charge in [-0.3, -0.25) is 14.5 Å². The van der Waals surface area contributed by atoms with Crippen LogP contribution in [0.3, 0.4) is 0 Å². The maximum atomic E-state index is 13.4. The fourth-order valence-electron chi connectivity index (χ4n) is 3.96. The van der Waals surface area contributed by atoms with E-state index in [1.807, 2.05) is 20.2 Å². The molecular formula is C27H27FIN3O4S. The van der Waals surface area contributed by atoms with Crippen molar-refractivity contribution >= 4 is 35.2 Å². The number of amides is 2. The van der Waals surface area contributed by atoms with Crippen molar-refractivity contribution in [2.24, 2.45) is 7.05 Å². The molecule has 1 aliphatic rings. The number of halogens is 2. The van der Waals surface area contributed by atoms with E-state index >= 15 is 0 Å². The van der Waals surface area contributed by atoms with Crippen LogP contribution in [0.25, 0.3) is 0 Å². The number of benzene rings is 2. The Bertz CT molecular complexity index is 1310. The monoisotopic (exact) mass is 635 g/mol. The number of thioether (sulfide) groups is 1. The number of rotatable bonds is 7. The van der Waals surface area contributed by atoms with Gasteiger partial charge in [0.05, 0.1) is 17.9 Å². The molecule has 0 spiro atoms. The summed E-state index contributed by atoms with van der Waals surface area (Å²) >= 11 is 1.47. The van der Waals surface area contributed by atoms with Crippen LogP contribution in [-0.4, -0.2) is 36.2 Å². The lowest BCUT2D eigenvalue weighted by atomic mass is 10.1. The van der Waals surface area contributed by atoms with Crippen LogP contribution in [-0.2, 0) is 16.6 Å². The lowest BCUT2D eigenvalue weighted by Gasteiger charge is -2.26. The predicted octanol–water partition coefficient (Wildman–Crippen LogP) is 0.717. The van der Waals surface area contributed by atoms with Gasteiger partial charge in [0, 0.05) is 11.8 Å². The molecule has 1 N–H and O–H groups in total. The van der Waals surface area contributed by atoms with Crippen LogP contribution in [0.15, 0.2) is 67.0 Å². The first-order chi connectivity index (χ1) is 17.2. The fourth-order valence-corrected chi connectivity index (χ4v) is 5.13. The Balaban J connectivity index is 0.00000380. The molecule has 1 aliphatic heterocycles. The van der Waals surface area contributed by atoms with E-state index in [1.165, 1.54) is 23.9 Å². The van der Waals surface area contributed by atoms with Gasteiger partial charge < -0.3 is 34.0 Å². The highest BCUT2D eigenvalue weighted by Crippen LogP contribution is 2.42. The molecule has 4 rings (SSSR count). The number of hydrogen-bond donors (Lipinski definition) is 1. The number of esters is 1. The number of hydrogen-bond acceptors (Lipinski definition) is 5. The molecule has 3 aromatic rings. The summed E-state index contributed by atoms with van der Waals surface area (Å²) in [7, 11) is 1.83. The van der Waals surface area contributed by atoms with E-state index in [1.54, 1.807) is 65.1 Å². The van der Waals surface area contributed by atoms with E-state index in [2.05, 4.69) is 5.32 Å². The zero-order valence-electron chi connectivity index (χ0n) is 20.6. The van der Waals surface area contributed by atoms with Crippen molar-refractivity contribution < 1.29 is 52.1 Å². The number of pyridine rings is 1. The van der Waals surface area contributed by atoms with Crippen molar-refractivity contribution in [3.8, 4) is 0 Å². The van der Waals surface area contributed by atoms with Gasteiger partial charge in [-0.2, -0.15) is 0 Å². The largest absolute Gasteiger partial charge is 1.00 e. The molecule has 1 aromatic heterocycles. The van der Waals surface area contributed by atoms with Crippen LogP contribution in [0.4, 0.5) is 10.1 Å². The van der Waals surface area contributed by atoms with Crippen molar-refractivity contribution in [3.63, 3.8) is 0 Å². The van der Waals surface area contributed by atoms with Gasteiger partial charge in [-0.25, -0.2) is 13.8 Å². The second kappa shape index (κ2) is 12.5. The Morgan fingerprint density at radius 3 is 2.59 bits per heavy atom. The minimum atomic E-state index is -0.543. The Morgan fingerprint density at radius 2 is 1.92 bits per heavy atom. The number of carbonyl (C=O) groups excluding carboxylic acids is 3. The lowest BCUT2D eigenvalue weighted by molar-refractivity contribution is -0.671. The first kappa shape index (κ1) is 28.6. The topological polar surface area (TPSA) is 79.6 Å². The minimum Gasteiger partial charge on any atom is -1.00 e. The molecule has 2 heterocycles. The van der Waals surface area contributed by atoms with E-state index < -0.39 is 12.1 Å². The number of aryl methyl sites for hydroxylation is 2. The van der Waals surface area contributed by atoms with E-state index in [0.717, 1.165) is 11.1 Å². The molecule has 2 amide bonds. The quantitative estimate of drug-likeness (QED) is 0.235. The van der Waals surface area contributed by atoms with Gasteiger partial charge in [0.15, 0.2) is 12.4 Å². The Kier molecular flexibility index (Phi) is 9.66. The average Bonchev–Trinajstić information content (AvgIpc) is 3.23. The van der Waals surface area contributed by atoms with Crippen molar-refractivity contribution in [1.82, 2.24) is 5.32 Å². The zero-order valence-corrected chi connectivity index (χ0v) is 23.6. The minimum absolute atomic E-state index is 0. The third-order valence-corrected chi connectivity index (χ3v) is 6.99. The molecule has 0 saturated carbocycles. The molecule has 7 nitrogen and oxygen atoms in total. The third-order valence-electron chi connectivity index (χ3n) is 5.78. The highest BCUT2D eigenvalue weighted by atomic mass is 127. The van der Waals surface area contributed by atoms with Crippen molar-refractivity contribution in [3.05, 3.63) is 95.1 Å². The van der Waals surface area contributed by atoms with Gasteiger partial charge in [0.25, 0.3) is 5.91 Å². The van der Waals surface area contributed by atoms with Crippen LogP contribution in [0.2, 0.25) is 0 Å². The van der Waals surface area contributed by atoms with Gasteiger partial charge >= 0.3 is 5.97 Å². The third kappa shape index (κ3) is 6.86. The Morgan fingerprint density at radius 1 is 1.19 bits per heavy atom. The van der Waals surface area contributed by atoms with E-state index in [0.29, 0.717) is 22.6 Å². The average molecular weight is 635 g/mol. The summed E-state index contributed by atoms with van der Waals surface area (Å²) in [5, 5.41) is 2.50. The standard InChI is InChI=1S/C27H26FN3O4S.HI/c1-17-13-20(27(34)35-18(2)14-29-25(33)21-5-4-12-30(3)15-21)8-11-23(17)31-24(32)16-36-26(31)19-6-9-22(28)10-7-19;/h4-13,15,18,26H,14,16H2,1-3H3;1H. The number of ether oxygens (including phenoxy) is 1. The molecule has 2 aromatic carbocycles. The highest BCUT2D eigenvalue weighted by molar-refractivity contribution is 8.00.